The van der Waals surface area contributed by atoms with Crippen LogP contribution in [0.1, 0.15) is 11.4 Å². The van der Waals surface area contributed by atoms with Crippen LogP contribution in [0.15, 0.2) is 33.9 Å². The Hall–Kier alpha value is -1.36. The summed E-state index contributed by atoms with van der Waals surface area (Å²) in [6.07, 6.45) is 6.24. The van der Waals surface area contributed by atoms with Crippen LogP contribution in [0.3, 0.4) is 0 Å². The standard InChI is InChI=1S/C12H14BrN3O/c1-9-7-10(13)8-16(12(9)17)5-3-11-14-4-6-15(11)2/h4,6-8H,3,5H2,1-2H3. The van der Waals surface area contributed by atoms with Gasteiger partial charge in [-0.05, 0) is 28.9 Å². The van der Waals surface area contributed by atoms with Gasteiger partial charge in [0.2, 0.25) is 0 Å². The average molecular weight is 296 g/mol. The first kappa shape index (κ1) is 12.1. The van der Waals surface area contributed by atoms with Gasteiger partial charge in [-0.2, -0.15) is 0 Å². The number of hydrogen-bond acceptors (Lipinski definition) is 2. The fourth-order valence-corrected chi connectivity index (χ4v) is 2.35. The molecule has 0 aliphatic carbocycles. The second-order valence-corrected chi connectivity index (χ2v) is 4.96. The van der Waals surface area contributed by atoms with Gasteiger partial charge in [-0.15, -0.1) is 0 Å². The minimum Gasteiger partial charge on any atom is -0.338 e. The Kier molecular flexibility index (Phi) is 3.47. The lowest BCUT2D eigenvalue weighted by Crippen LogP contribution is -2.23. The lowest BCUT2D eigenvalue weighted by molar-refractivity contribution is 0.627. The van der Waals surface area contributed by atoms with Gasteiger partial charge in [0, 0.05) is 48.6 Å². The van der Waals surface area contributed by atoms with Gasteiger partial charge in [0.15, 0.2) is 0 Å². The SMILES string of the molecule is Cc1cc(Br)cn(CCc2nccn2C)c1=O. The van der Waals surface area contributed by atoms with E-state index in [9.17, 15) is 4.79 Å². The van der Waals surface area contributed by atoms with Crippen LogP contribution in [0.2, 0.25) is 0 Å². The highest BCUT2D eigenvalue weighted by Gasteiger charge is 2.04. The van der Waals surface area contributed by atoms with Gasteiger partial charge >= 0.3 is 0 Å². The molecule has 90 valence electrons. The first-order valence-electron chi connectivity index (χ1n) is 5.40. The van der Waals surface area contributed by atoms with Crippen molar-refractivity contribution in [3.63, 3.8) is 0 Å². The van der Waals surface area contributed by atoms with Gasteiger partial charge in [-0.3, -0.25) is 4.79 Å². The molecule has 0 saturated heterocycles. The van der Waals surface area contributed by atoms with E-state index in [-0.39, 0.29) is 5.56 Å². The van der Waals surface area contributed by atoms with Crippen LogP contribution in [-0.2, 0) is 20.0 Å². The molecule has 0 spiro atoms. The van der Waals surface area contributed by atoms with Crippen molar-refractivity contribution in [1.29, 1.82) is 0 Å². The maximum Gasteiger partial charge on any atom is 0.253 e. The zero-order valence-corrected chi connectivity index (χ0v) is 11.4. The van der Waals surface area contributed by atoms with Gasteiger partial charge < -0.3 is 9.13 Å². The van der Waals surface area contributed by atoms with Gasteiger partial charge in [0.25, 0.3) is 5.56 Å². The molecule has 0 N–H and O–H groups in total. The Bertz CT molecular complexity index is 586. The zero-order valence-electron chi connectivity index (χ0n) is 9.85. The molecule has 17 heavy (non-hydrogen) atoms. The second-order valence-electron chi connectivity index (χ2n) is 4.04. The Morgan fingerprint density at radius 1 is 1.47 bits per heavy atom. The predicted molar refractivity (Wildman–Crippen MR) is 70.1 cm³/mol. The number of aryl methyl sites for hydroxylation is 4. The molecule has 2 aromatic rings. The van der Waals surface area contributed by atoms with Gasteiger partial charge in [0.05, 0.1) is 0 Å². The monoisotopic (exact) mass is 295 g/mol. The highest BCUT2D eigenvalue weighted by Crippen LogP contribution is 2.08. The van der Waals surface area contributed by atoms with E-state index in [1.807, 2.05) is 37.0 Å². The van der Waals surface area contributed by atoms with Crippen LogP contribution in [0, 0.1) is 6.92 Å². The topological polar surface area (TPSA) is 39.8 Å². The number of nitrogens with zero attached hydrogens (tertiary/aromatic N) is 3. The highest BCUT2D eigenvalue weighted by molar-refractivity contribution is 9.10. The number of imidazole rings is 1. The van der Waals surface area contributed by atoms with Crippen LogP contribution in [0.4, 0.5) is 0 Å². The summed E-state index contributed by atoms with van der Waals surface area (Å²) in [5.41, 5.74) is 0.807. The molecule has 2 aromatic heterocycles. The maximum absolute atomic E-state index is 11.9. The molecule has 4 nitrogen and oxygen atoms in total. The molecular formula is C12H14BrN3O. The lowest BCUT2D eigenvalue weighted by atomic mass is 10.3. The molecule has 0 bridgehead atoms. The summed E-state index contributed by atoms with van der Waals surface area (Å²) in [5, 5.41) is 0. The minimum absolute atomic E-state index is 0.0578. The van der Waals surface area contributed by atoms with Crippen molar-refractivity contribution in [3.05, 3.63) is 50.9 Å². The van der Waals surface area contributed by atoms with Gasteiger partial charge in [-0.1, -0.05) is 0 Å². The zero-order chi connectivity index (χ0) is 12.4. The quantitative estimate of drug-likeness (QED) is 0.868. The van der Waals surface area contributed by atoms with Crippen LogP contribution >= 0.6 is 15.9 Å². The van der Waals surface area contributed by atoms with Gasteiger partial charge in [0.1, 0.15) is 5.82 Å². The summed E-state index contributed by atoms with van der Waals surface area (Å²) >= 11 is 3.40. The number of halogens is 1. The molecule has 0 aliphatic rings. The number of rotatable bonds is 3. The molecule has 0 aliphatic heterocycles. The minimum atomic E-state index is 0.0578. The van der Waals surface area contributed by atoms with Crippen LogP contribution in [-0.4, -0.2) is 14.1 Å². The summed E-state index contributed by atoms with van der Waals surface area (Å²) in [6, 6.07) is 1.83. The molecule has 0 radical (unpaired) electrons. The van der Waals surface area contributed by atoms with Crippen molar-refractivity contribution in [3.8, 4) is 0 Å². The normalized spacial score (nSPS) is 10.8. The average Bonchev–Trinajstić information content (AvgIpc) is 2.67. The smallest absolute Gasteiger partial charge is 0.253 e. The van der Waals surface area contributed by atoms with E-state index < -0.39 is 0 Å². The van der Waals surface area contributed by atoms with E-state index in [0.717, 1.165) is 22.3 Å². The molecule has 0 amide bonds. The number of pyridine rings is 1. The van der Waals surface area contributed by atoms with E-state index in [1.54, 1.807) is 10.8 Å². The molecule has 0 aromatic carbocycles. The van der Waals surface area contributed by atoms with Crippen LogP contribution in [0.25, 0.3) is 0 Å². The van der Waals surface area contributed by atoms with Crippen LogP contribution in [0.5, 0.6) is 0 Å². The van der Waals surface area contributed by atoms with E-state index in [0.29, 0.717) is 6.54 Å². The Morgan fingerprint density at radius 3 is 2.88 bits per heavy atom. The highest BCUT2D eigenvalue weighted by atomic mass is 79.9. The fraction of sp³-hybridized carbons (Fsp3) is 0.333. The van der Waals surface area contributed by atoms with Crippen molar-refractivity contribution in [1.82, 2.24) is 14.1 Å². The number of hydrogen-bond donors (Lipinski definition) is 0. The summed E-state index contributed by atoms with van der Waals surface area (Å²) in [6.45, 7) is 2.47. The molecule has 0 unspecified atom stereocenters. The molecule has 2 heterocycles. The van der Waals surface area contributed by atoms with E-state index in [1.165, 1.54) is 0 Å². The van der Waals surface area contributed by atoms with Crippen molar-refractivity contribution in [2.75, 3.05) is 0 Å². The lowest BCUT2D eigenvalue weighted by Gasteiger charge is -2.07. The maximum atomic E-state index is 11.9. The van der Waals surface area contributed by atoms with E-state index >= 15 is 0 Å². The second kappa shape index (κ2) is 4.87. The summed E-state index contributed by atoms with van der Waals surface area (Å²) < 4.78 is 4.61. The van der Waals surface area contributed by atoms with Crippen molar-refractivity contribution in [2.24, 2.45) is 7.05 Å². The summed E-state index contributed by atoms with van der Waals surface area (Å²) in [5.74, 6) is 0.981. The van der Waals surface area contributed by atoms with Crippen molar-refractivity contribution >= 4 is 15.9 Å². The first-order chi connectivity index (χ1) is 8.08. The summed E-state index contributed by atoms with van der Waals surface area (Å²) in [4.78, 5) is 16.1. The Balaban J connectivity index is 2.20. The Morgan fingerprint density at radius 2 is 2.24 bits per heavy atom. The van der Waals surface area contributed by atoms with Crippen LogP contribution < -0.4 is 5.56 Å². The number of aromatic nitrogens is 3. The fourth-order valence-electron chi connectivity index (χ4n) is 1.76. The van der Waals surface area contributed by atoms with Gasteiger partial charge in [-0.25, -0.2) is 4.98 Å². The molecule has 0 saturated carbocycles. The molecular weight excluding hydrogens is 282 g/mol. The summed E-state index contributed by atoms with van der Waals surface area (Å²) in [7, 11) is 1.96. The third-order valence-electron chi connectivity index (χ3n) is 2.73. The molecule has 5 heteroatoms. The first-order valence-corrected chi connectivity index (χ1v) is 6.20. The Labute approximate surface area is 108 Å². The predicted octanol–water partition coefficient (Wildman–Crippen LogP) is 1.90. The van der Waals surface area contributed by atoms with E-state index in [4.69, 9.17) is 0 Å². The molecule has 0 atom stereocenters. The molecule has 2 rings (SSSR count). The van der Waals surface area contributed by atoms with Crippen molar-refractivity contribution < 1.29 is 0 Å². The van der Waals surface area contributed by atoms with Crippen molar-refractivity contribution in [2.45, 2.75) is 19.9 Å². The largest absolute Gasteiger partial charge is 0.338 e. The third kappa shape index (κ3) is 2.66. The molecule has 0 fully saturated rings. The third-order valence-corrected chi connectivity index (χ3v) is 3.16. The van der Waals surface area contributed by atoms with E-state index in [2.05, 4.69) is 20.9 Å².